The first-order valence-electron chi connectivity index (χ1n) is 12.9. The maximum Gasteiger partial charge on any atom is 0.0873 e. The van der Waals surface area contributed by atoms with Crippen molar-refractivity contribution < 1.29 is 9.84 Å². The van der Waals surface area contributed by atoms with E-state index in [1.54, 1.807) is 5.57 Å². The fourth-order valence-electron chi connectivity index (χ4n) is 8.48. The minimum Gasteiger partial charge on any atom is -0.393 e. The van der Waals surface area contributed by atoms with Crippen LogP contribution in [-0.4, -0.2) is 23.4 Å². The van der Waals surface area contributed by atoms with Gasteiger partial charge >= 0.3 is 0 Å². The number of aliphatic hydroxyl groups excluding tert-OH is 1. The number of ether oxygens (including phenoxy) is 1. The molecule has 0 amide bonds. The van der Waals surface area contributed by atoms with Gasteiger partial charge in [0.15, 0.2) is 0 Å². The lowest BCUT2D eigenvalue weighted by Gasteiger charge is -2.55. The lowest BCUT2D eigenvalue weighted by Crippen LogP contribution is -2.47. The zero-order chi connectivity index (χ0) is 21.4. The predicted octanol–water partition coefficient (Wildman–Crippen LogP) is 6.54. The SMILES string of the molecule is CC(C)[C@@H](C)[C@H]1O[C@@H]1[C@@H](C)C1CCC2C3=CC=C4C[C@@H](O)CC[C@]4(C)C3CC[C@@]21C. The number of rotatable bonds is 4. The van der Waals surface area contributed by atoms with Gasteiger partial charge in [-0.1, -0.05) is 64.8 Å². The summed E-state index contributed by atoms with van der Waals surface area (Å²) in [5.41, 5.74) is 4.03. The van der Waals surface area contributed by atoms with Gasteiger partial charge in [0.1, 0.15) is 0 Å². The van der Waals surface area contributed by atoms with Gasteiger partial charge in [0.2, 0.25) is 0 Å². The van der Waals surface area contributed by atoms with Crippen molar-refractivity contribution in [1.82, 2.24) is 0 Å². The average Bonchev–Trinajstić information content (AvgIpc) is 3.42. The van der Waals surface area contributed by atoms with E-state index in [1.165, 1.54) is 31.3 Å². The van der Waals surface area contributed by atoms with Crippen LogP contribution >= 0.6 is 0 Å². The molecule has 1 saturated heterocycles. The third-order valence-electron chi connectivity index (χ3n) is 10.9. The van der Waals surface area contributed by atoms with Crippen molar-refractivity contribution in [3.05, 3.63) is 23.3 Å². The topological polar surface area (TPSA) is 32.8 Å². The molecule has 0 bridgehead atoms. The van der Waals surface area contributed by atoms with Crippen molar-refractivity contribution in [1.29, 1.82) is 0 Å². The molecule has 10 atom stereocenters. The molecule has 2 nitrogen and oxygen atoms in total. The molecule has 4 fully saturated rings. The first-order chi connectivity index (χ1) is 14.2. The zero-order valence-electron chi connectivity index (χ0n) is 20.2. The Bertz CT molecular complexity index is 750. The zero-order valence-corrected chi connectivity index (χ0v) is 20.2. The van der Waals surface area contributed by atoms with Crippen LogP contribution in [0.15, 0.2) is 23.3 Å². The molecule has 168 valence electrons. The second-order valence-corrected chi connectivity index (χ2v) is 12.5. The molecule has 1 aliphatic heterocycles. The molecule has 4 aliphatic carbocycles. The predicted molar refractivity (Wildman–Crippen MR) is 123 cm³/mol. The number of fused-ring (bicyclic) bond motifs is 5. The first kappa shape index (κ1) is 21.3. The molecular formula is C28H44O2. The Morgan fingerprint density at radius 1 is 0.933 bits per heavy atom. The number of aliphatic hydroxyl groups is 1. The van der Waals surface area contributed by atoms with Gasteiger partial charge in [-0.2, -0.15) is 0 Å². The summed E-state index contributed by atoms with van der Waals surface area (Å²) in [7, 11) is 0. The monoisotopic (exact) mass is 412 g/mol. The summed E-state index contributed by atoms with van der Waals surface area (Å²) in [6.45, 7) is 14.7. The van der Waals surface area contributed by atoms with Gasteiger partial charge in [-0.3, -0.25) is 0 Å². The Morgan fingerprint density at radius 3 is 2.43 bits per heavy atom. The third kappa shape index (κ3) is 3.03. The second-order valence-electron chi connectivity index (χ2n) is 12.5. The van der Waals surface area contributed by atoms with Crippen molar-refractivity contribution in [3.63, 3.8) is 0 Å². The molecule has 0 spiro atoms. The fourth-order valence-corrected chi connectivity index (χ4v) is 8.48. The maximum atomic E-state index is 10.2. The minimum absolute atomic E-state index is 0.121. The van der Waals surface area contributed by atoms with Crippen molar-refractivity contribution in [2.75, 3.05) is 0 Å². The van der Waals surface area contributed by atoms with E-state index in [9.17, 15) is 5.11 Å². The Kier molecular flexibility index (Phi) is 5.10. The molecule has 0 aromatic rings. The lowest BCUT2D eigenvalue weighted by atomic mass is 9.50. The van der Waals surface area contributed by atoms with Gasteiger partial charge in [0.25, 0.3) is 0 Å². The van der Waals surface area contributed by atoms with E-state index in [1.807, 2.05) is 0 Å². The van der Waals surface area contributed by atoms with Crippen LogP contribution in [0, 0.1) is 46.3 Å². The van der Waals surface area contributed by atoms with Crippen LogP contribution in [0.5, 0.6) is 0 Å². The molecule has 3 saturated carbocycles. The highest BCUT2D eigenvalue weighted by Gasteiger charge is 2.60. The van der Waals surface area contributed by atoms with E-state index in [2.05, 4.69) is 53.7 Å². The quantitative estimate of drug-likeness (QED) is 0.532. The second kappa shape index (κ2) is 7.20. The van der Waals surface area contributed by atoms with Crippen molar-refractivity contribution in [2.24, 2.45) is 46.3 Å². The molecule has 5 aliphatic rings. The van der Waals surface area contributed by atoms with E-state index >= 15 is 0 Å². The van der Waals surface area contributed by atoms with Crippen molar-refractivity contribution >= 4 is 0 Å². The summed E-state index contributed by atoms with van der Waals surface area (Å²) in [5.74, 6) is 4.32. The minimum atomic E-state index is -0.121. The number of hydrogen-bond donors (Lipinski definition) is 1. The molecule has 0 aromatic carbocycles. The van der Waals surface area contributed by atoms with E-state index in [-0.39, 0.29) is 6.10 Å². The van der Waals surface area contributed by atoms with Crippen LogP contribution < -0.4 is 0 Å². The summed E-state index contributed by atoms with van der Waals surface area (Å²) >= 11 is 0. The van der Waals surface area contributed by atoms with Crippen LogP contribution in [0.3, 0.4) is 0 Å². The third-order valence-corrected chi connectivity index (χ3v) is 10.9. The number of allylic oxidation sites excluding steroid dienone is 3. The molecular weight excluding hydrogens is 368 g/mol. The van der Waals surface area contributed by atoms with Gasteiger partial charge in [-0.15, -0.1) is 0 Å². The largest absolute Gasteiger partial charge is 0.393 e. The summed E-state index contributed by atoms with van der Waals surface area (Å²) in [6, 6.07) is 0. The molecule has 2 heteroatoms. The van der Waals surface area contributed by atoms with Crippen molar-refractivity contribution in [3.8, 4) is 0 Å². The molecule has 3 unspecified atom stereocenters. The number of epoxide rings is 1. The maximum absolute atomic E-state index is 10.2. The Morgan fingerprint density at radius 2 is 1.70 bits per heavy atom. The highest BCUT2D eigenvalue weighted by Crippen LogP contribution is 2.66. The Labute approximate surface area is 184 Å². The van der Waals surface area contributed by atoms with Gasteiger partial charge < -0.3 is 9.84 Å². The highest BCUT2D eigenvalue weighted by molar-refractivity contribution is 5.39. The summed E-state index contributed by atoms with van der Waals surface area (Å²) < 4.78 is 6.29. The molecule has 30 heavy (non-hydrogen) atoms. The first-order valence-corrected chi connectivity index (χ1v) is 12.9. The van der Waals surface area contributed by atoms with Crippen LogP contribution in [0.1, 0.15) is 86.5 Å². The van der Waals surface area contributed by atoms with Gasteiger partial charge in [-0.05, 0) is 91.3 Å². The summed E-state index contributed by atoms with van der Waals surface area (Å²) in [5, 5.41) is 10.2. The normalized spacial score (nSPS) is 49.5. The highest BCUT2D eigenvalue weighted by atomic mass is 16.6. The van der Waals surface area contributed by atoms with E-state index in [0.29, 0.717) is 46.7 Å². The molecule has 5 rings (SSSR count). The average molecular weight is 413 g/mol. The molecule has 1 heterocycles. The molecule has 0 aromatic heterocycles. The number of hydrogen-bond acceptors (Lipinski definition) is 2. The van der Waals surface area contributed by atoms with E-state index < -0.39 is 0 Å². The van der Waals surface area contributed by atoms with Crippen LogP contribution in [0.25, 0.3) is 0 Å². The van der Waals surface area contributed by atoms with E-state index in [0.717, 1.165) is 31.1 Å². The summed E-state index contributed by atoms with van der Waals surface area (Å²) in [4.78, 5) is 0. The lowest BCUT2D eigenvalue weighted by molar-refractivity contribution is 0.0299. The molecule has 0 radical (unpaired) electrons. The standard InChI is InChI=1S/C28H44O2/c1-16(2)17(3)25-26(30-25)18(4)22-9-10-23-21-8-7-19-15-20(29)11-13-27(19,5)24(21)12-14-28(22,23)6/h7-8,16-18,20,22-26,29H,9-15H2,1-6H3/t17-,18+,20+,22?,23?,24?,25-,26-,27+,28-/m1/s1. The van der Waals surface area contributed by atoms with E-state index in [4.69, 9.17) is 4.74 Å². The van der Waals surface area contributed by atoms with Crippen LogP contribution in [0.4, 0.5) is 0 Å². The fraction of sp³-hybridized carbons (Fsp3) is 0.857. The van der Waals surface area contributed by atoms with Gasteiger partial charge in [0.05, 0.1) is 18.3 Å². The van der Waals surface area contributed by atoms with Gasteiger partial charge in [-0.25, -0.2) is 0 Å². The van der Waals surface area contributed by atoms with Crippen LogP contribution in [-0.2, 0) is 4.74 Å². The molecule has 1 N–H and O–H groups in total. The van der Waals surface area contributed by atoms with Crippen molar-refractivity contribution in [2.45, 2.75) is 105 Å². The van der Waals surface area contributed by atoms with Crippen LogP contribution in [0.2, 0.25) is 0 Å². The Hall–Kier alpha value is -0.600. The smallest absolute Gasteiger partial charge is 0.0873 e. The Balaban J connectivity index is 1.37. The van der Waals surface area contributed by atoms with Gasteiger partial charge in [0, 0.05) is 0 Å². The summed E-state index contributed by atoms with van der Waals surface area (Å²) in [6.07, 6.45) is 14.3.